The van der Waals surface area contributed by atoms with Gasteiger partial charge in [-0.15, -0.1) is 0 Å². The van der Waals surface area contributed by atoms with E-state index in [1.54, 1.807) is 0 Å². The van der Waals surface area contributed by atoms with Crippen LogP contribution < -0.4 is 0 Å². The van der Waals surface area contributed by atoms with Crippen LogP contribution in [0.1, 0.15) is 20.3 Å². The average Bonchev–Trinajstić information content (AvgIpc) is 2.01. The van der Waals surface area contributed by atoms with Crippen molar-refractivity contribution < 1.29 is 9.53 Å². The van der Waals surface area contributed by atoms with Crippen molar-refractivity contribution in [2.45, 2.75) is 26.4 Å². The van der Waals surface area contributed by atoms with E-state index in [2.05, 4.69) is 13.2 Å². The molecule has 0 bridgehead atoms. The summed E-state index contributed by atoms with van der Waals surface area (Å²) >= 11 is 0. The summed E-state index contributed by atoms with van der Waals surface area (Å²) in [6.07, 6.45) is 4.52. The minimum Gasteiger partial charge on any atom is -0.457 e. The van der Waals surface area contributed by atoms with Crippen molar-refractivity contribution in [3.63, 3.8) is 0 Å². The molecule has 76 valence electrons. The van der Waals surface area contributed by atoms with Gasteiger partial charge in [0.25, 0.3) is 0 Å². The molecule has 0 aromatic carbocycles. The zero-order valence-electron chi connectivity index (χ0n) is 8.75. The standard InChI is InChI=1S/C12H16O2/c1-8(2)12-9(3)6-5-7-11(12)14-10(4)13/h5,7,11-12H,1,3,6H2,2,4H3/t11-,12+/m1/s1. The van der Waals surface area contributed by atoms with Crippen LogP contribution in [0.5, 0.6) is 0 Å². The van der Waals surface area contributed by atoms with Crippen molar-refractivity contribution in [3.05, 3.63) is 36.5 Å². The van der Waals surface area contributed by atoms with Gasteiger partial charge in [0.2, 0.25) is 0 Å². The number of allylic oxidation sites excluding steroid dienone is 1. The van der Waals surface area contributed by atoms with Crippen LogP contribution in [-0.2, 0) is 9.53 Å². The number of ether oxygens (including phenoxy) is 1. The van der Waals surface area contributed by atoms with Gasteiger partial charge in [0.05, 0.1) is 0 Å². The van der Waals surface area contributed by atoms with Gasteiger partial charge in [0, 0.05) is 12.8 Å². The third-order valence-electron chi connectivity index (χ3n) is 2.31. The summed E-state index contributed by atoms with van der Waals surface area (Å²) in [6.45, 7) is 11.2. The molecule has 1 aliphatic rings. The molecule has 0 heterocycles. The molecule has 2 atom stereocenters. The molecule has 1 aliphatic carbocycles. The summed E-state index contributed by atoms with van der Waals surface area (Å²) in [7, 11) is 0. The number of carbonyl (C=O) groups is 1. The van der Waals surface area contributed by atoms with Crippen LogP contribution in [0.25, 0.3) is 0 Å². The highest BCUT2D eigenvalue weighted by molar-refractivity contribution is 5.66. The van der Waals surface area contributed by atoms with Gasteiger partial charge in [-0.25, -0.2) is 0 Å². The fourth-order valence-corrected chi connectivity index (χ4v) is 1.75. The van der Waals surface area contributed by atoms with Crippen LogP contribution in [0.2, 0.25) is 0 Å². The summed E-state index contributed by atoms with van der Waals surface area (Å²) < 4.78 is 5.19. The van der Waals surface area contributed by atoms with Crippen LogP contribution in [0.4, 0.5) is 0 Å². The molecule has 2 heteroatoms. The highest BCUT2D eigenvalue weighted by atomic mass is 16.5. The Morgan fingerprint density at radius 2 is 2.21 bits per heavy atom. The zero-order chi connectivity index (χ0) is 10.7. The molecule has 0 radical (unpaired) electrons. The fraction of sp³-hybridized carbons (Fsp3) is 0.417. The highest BCUT2D eigenvalue weighted by Gasteiger charge is 2.27. The lowest BCUT2D eigenvalue weighted by Gasteiger charge is -2.29. The zero-order valence-corrected chi connectivity index (χ0v) is 8.75. The van der Waals surface area contributed by atoms with Crippen LogP contribution >= 0.6 is 0 Å². The molecule has 0 amide bonds. The van der Waals surface area contributed by atoms with Crippen molar-refractivity contribution in [1.82, 2.24) is 0 Å². The van der Waals surface area contributed by atoms with E-state index in [9.17, 15) is 4.79 Å². The van der Waals surface area contributed by atoms with Crippen molar-refractivity contribution in [1.29, 1.82) is 0 Å². The fourth-order valence-electron chi connectivity index (χ4n) is 1.75. The summed E-state index contributed by atoms with van der Waals surface area (Å²) in [6, 6.07) is 0. The molecule has 0 N–H and O–H groups in total. The number of hydrogen-bond acceptors (Lipinski definition) is 2. The van der Waals surface area contributed by atoms with E-state index >= 15 is 0 Å². The minimum absolute atomic E-state index is 0.0731. The molecule has 0 unspecified atom stereocenters. The predicted molar refractivity (Wildman–Crippen MR) is 56.8 cm³/mol. The topological polar surface area (TPSA) is 26.3 Å². The van der Waals surface area contributed by atoms with E-state index in [1.807, 2.05) is 19.1 Å². The van der Waals surface area contributed by atoms with Gasteiger partial charge < -0.3 is 4.74 Å². The quantitative estimate of drug-likeness (QED) is 0.496. The third kappa shape index (κ3) is 2.34. The Kier molecular flexibility index (Phi) is 3.28. The second kappa shape index (κ2) is 4.27. The van der Waals surface area contributed by atoms with E-state index in [0.29, 0.717) is 0 Å². The number of esters is 1. The molecule has 0 aliphatic heterocycles. The van der Waals surface area contributed by atoms with E-state index in [1.165, 1.54) is 6.92 Å². The van der Waals surface area contributed by atoms with Crippen LogP contribution in [0.3, 0.4) is 0 Å². The lowest BCUT2D eigenvalue weighted by Crippen LogP contribution is -2.28. The van der Waals surface area contributed by atoms with Crippen molar-refractivity contribution >= 4 is 5.97 Å². The lowest BCUT2D eigenvalue weighted by atomic mass is 9.83. The Morgan fingerprint density at radius 3 is 2.71 bits per heavy atom. The Hall–Kier alpha value is -1.31. The van der Waals surface area contributed by atoms with Gasteiger partial charge >= 0.3 is 5.97 Å². The molecule has 0 fully saturated rings. The first-order valence-electron chi connectivity index (χ1n) is 4.69. The first-order chi connectivity index (χ1) is 6.52. The van der Waals surface area contributed by atoms with Gasteiger partial charge in [-0.3, -0.25) is 4.79 Å². The van der Waals surface area contributed by atoms with Crippen LogP contribution in [0.15, 0.2) is 36.5 Å². The first-order valence-corrected chi connectivity index (χ1v) is 4.69. The second-order valence-electron chi connectivity index (χ2n) is 3.69. The number of carbonyl (C=O) groups excluding carboxylic acids is 1. The van der Waals surface area contributed by atoms with E-state index < -0.39 is 0 Å². The van der Waals surface area contributed by atoms with Crippen LogP contribution in [-0.4, -0.2) is 12.1 Å². The van der Waals surface area contributed by atoms with Gasteiger partial charge in [-0.2, -0.15) is 0 Å². The van der Waals surface area contributed by atoms with E-state index in [0.717, 1.165) is 17.6 Å². The predicted octanol–water partition coefficient (Wildman–Crippen LogP) is 2.63. The number of hydrogen-bond donors (Lipinski definition) is 0. The molecule has 0 spiro atoms. The molecule has 0 aromatic rings. The van der Waals surface area contributed by atoms with E-state index in [4.69, 9.17) is 4.74 Å². The molecule has 0 saturated carbocycles. The molecular formula is C12H16O2. The molecular weight excluding hydrogens is 176 g/mol. The average molecular weight is 192 g/mol. The first kappa shape index (κ1) is 10.8. The number of rotatable bonds is 2. The van der Waals surface area contributed by atoms with Crippen LogP contribution in [0, 0.1) is 5.92 Å². The third-order valence-corrected chi connectivity index (χ3v) is 2.31. The monoisotopic (exact) mass is 192 g/mol. The smallest absolute Gasteiger partial charge is 0.303 e. The lowest BCUT2D eigenvalue weighted by molar-refractivity contribution is -0.145. The Balaban J connectivity index is 2.84. The van der Waals surface area contributed by atoms with Gasteiger partial charge in [0.1, 0.15) is 6.10 Å². The van der Waals surface area contributed by atoms with Gasteiger partial charge in [-0.05, 0) is 19.4 Å². The molecule has 0 saturated heterocycles. The maximum Gasteiger partial charge on any atom is 0.303 e. The highest BCUT2D eigenvalue weighted by Crippen LogP contribution is 2.30. The molecule has 1 rings (SSSR count). The second-order valence-corrected chi connectivity index (χ2v) is 3.69. The SMILES string of the molecule is C=C(C)[C@H]1C(=C)CC=C[C@H]1OC(C)=O. The largest absolute Gasteiger partial charge is 0.457 e. The summed E-state index contributed by atoms with van der Waals surface area (Å²) in [4.78, 5) is 10.9. The Morgan fingerprint density at radius 1 is 1.57 bits per heavy atom. The van der Waals surface area contributed by atoms with Crippen molar-refractivity contribution in [2.24, 2.45) is 5.92 Å². The molecule has 2 nitrogen and oxygen atoms in total. The maximum absolute atomic E-state index is 10.9. The maximum atomic E-state index is 10.9. The van der Waals surface area contributed by atoms with Crippen molar-refractivity contribution in [3.8, 4) is 0 Å². The molecule has 0 aromatic heterocycles. The summed E-state index contributed by atoms with van der Waals surface area (Å²) in [5.74, 6) is -0.190. The Labute approximate surface area is 85.0 Å². The van der Waals surface area contributed by atoms with Crippen molar-refractivity contribution in [2.75, 3.05) is 0 Å². The van der Waals surface area contributed by atoms with Gasteiger partial charge in [0.15, 0.2) is 0 Å². The van der Waals surface area contributed by atoms with E-state index in [-0.39, 0.29) is 18.0 Å². The Bertz CT molecular complexity index is 299. The van der Waals surface area contributed by atoms with Gasteiger partial charge in [-0.1, -0.05) is 30.4 Å². The summed E-state index contributed by atoms with van der Waals surface area (Å²) in [5, 5.41) is 0. The molecule has 14 heavy (non-hydrogen) atoms. The normalized spacial score (nSPS) is 26.0. The minimum atomic E-state index is -0.263. The summed E-state index contributed by atoms with van der Waals surface area (Å²) in [5.41, 5.74) is 2.05.